The molecule has 112 valence electrons. The van der Waals surface area contributed by atoms with E-state index >= 15 is 0 Å². The van der Waals surface area contributed by atoms with Crippen LogP contribution in [0.4, 0.5) is 0 Å². The molecule has 0 radical (unpaired) electrons. The predicted molar refractivity (Wildman–Crippen MR) is 72.8 cm³/mol. The van der Waals surface area contributed by atoms with E-state index in [1.165, 1.54) is 0 Å². The maximum atomic E-state index is 12.8. The molecule has 0 aromatic rings. The fraction of sp³-hybridized carbons (Fsp3) is 0.688. The van der Waals surface area contributed by atoms with Crippen LogP contribution in [0.3, 0.4) is 0 Å². The number of carbonyl (C=O) groups excluding carboxylic acids is 2. The summed E-state index contributed by atoms with van der Waals surface area (Å²) in [5.74, 6) is -1.12. The zero-order valence-corrected chi connectivity index (χ0v) is 12.1. The second-order valence-corrected chi connectivity index (χ2v) is 7.23. The number of carboxylic acid groups (broad SMARTS) is 1. The van der Waals surface area contributed by atoms with Gasteiger partial charge in [0.15, 0.2) is 0 Å². The number of hydrogen-bond acceptors (Lipinski definition) is 3. The Morgan fingerprint density at radius 2 is 1.62 bits per heavy atom. The Labute approximate surface area is 123 Å². The Bertz CT molecular complexity index is 545. The first-order valence-corrected chi connectivity index (χ1v) is 7.71. The van der Waals surface area contributed by atoms with Gasteiger partial charge < -0.3 is 5.11 Å². The monoisotopic (exact) mass is 289 g/mol. The lowest BCUT2D eigenvalue weighted by molar-refractivity contribution is -0.157. The summed E-state index contributed by atoms with van der Waals surface area (Å²) in [6.07, 6.45) is 5.31. The van der Waals surface area contributed by atoms with Crippen LogP contribution < -0.4 is 0 Å². The van der Waals surface area contributed by atoms with E-state index in [1.807, 2.05) is 0 Å². The van der Waals surface area contributed by atoms with Gasteiger partial charge in [-0.25, -0.2) is 4.79 Å². The lowest BCUT2D eigenvalue weighted by Gasteiger charge is -2.37. The van der Waals surface area contributed by atoms with Gasteiger partial charge in [-0.05, 0) is 36.0 Å². The second kappa shape index (κ2) is 3.96. The summed E-state index contributed by atoms with van der Waals surface area (Å²) in [7, 11) is 0. The summed E-state index contributed by atoms with van der Waals surface area (Å²) in [5.41, 5.74) is 0. The molecular weight excluding hydrogens is 270 g/mol. The van der Waals surface area contributed by atoms with Crippen LogP contribution in [0.15, 0.2) is 12.2 Å². The summed E-state index contributed by atoms with van der Waals surface area (Å²) in [5, 5.41) is 9.42. The molecule has 2 saturated carbocycles. The summed E-state index contributed by atoms with van der Waals surface area (Å²) in [6.45, 7) is 3.48. The Hall–Kier alpha value is -1.65. The summed E-state index contributed by atoms with van der Waals surface area (Å²) in [6, 6.07) is -1.04. The number of allylic oxidation sites excluding steroid dienone is 2. The van der Waals surface area contributed by atoms with Gasteiger partial charge in [0.2, 0.25) is 11.8 Å². The maximum Gasteiger partial charge on any atom is 0.327 e. The van der Waals surface area contributed by atoms with Crippen LogP contribution in [0.1, 0.15) is 20.3 Å². The first kappa shape index (κ1) is 13.0. The van der Waals surface area contributed by atoms with Crippen LogP contribution in [-0.2, 0) is 14.4 Å². The predicted octanol–water partition coefficient (Wildman–Crippen LogP) is 1.15. The van der Waals surface area contributed by atoms with Gasteiger partial charge in [-0.15, -0.1) is 0 Å². The summed E-state index contributed by atoms with van der Waals surface area (Å²) in [4.78, 5) is 38.1. The molecule has 1 N–H and O–H groups in total. The third kappa shape index (κ3) is 1.49. The van der Waals surface area contributed by atoms with Crippen molar-refractivity contribution in [2.24, 2.45) is 41.4 Å². The molecule has 0 unspecified atom stereocenters. The van der Waals surface area contributed by atoms with E-state index < -0.39 is 12.0 Å². The van der Waals surface area contributed by atoms with Crippen molar-refractivity contribution < 1.29 is 19.5 Å². The summed E-state index contributed by atoms with van der Waals surface area (Å²) >= 11 is 0. The minimum Gasteiger partial charge on any atom is -0.480 e. The highest BCUT2D eigenvalue weighted by molar-refractivity contribution is 6.08. The molecule has 0 aromatic carbocycles. The number of rotatable bonds is 3. The lowest BCUT2D eigenvalue weighted by Crippen LogP contribution is -2.48. The van der Waals surface area contributed by atoms with Gasteiger partial charge >= 0.3 is 5.97 Å². The van der Waals surface area contributed by atoms with Crippen LogP contribution in [0, 0.1) is 41.4 Å². The normalized spacial score (nSPS) is 44.0. The van der Waals surface area contributed by atoms with Crippen molar-refractivity contribution in [1.82, 2.24) is 4.90 Å². The molecule has 2 bridgehead atoms. The smallest absolute Gasteiger partial charge is 0.327 e. The fourth-order valence-corrected chi connectivity index (χ4v) is 4.95. The highest BCUT2D eigenvalue weighted by Crippen LogP contribution is 2.65. The van der Waals surface area contributed by atoms with Crippen molar-refractivity contribution in [2.45, 2.75) is 26.3 Å². The molecule has 1 saturated heterocycles. The Balaban J connectivity index is 1.73. The van der Waals surface area contributed by atoms with Gasteiger partial charge in [-0.3, -0.25) is 14.5 Å². The van der Waals surface area contributed by atoms with E-state index in [0.717, 1.165) is 11.3 Å². The quantitative estimate of drug-likeness (QED) is 0.624. The molecule has 7 atom stereocenters. The van der Waals surface area contributed by atoms with Crippen molar-refractivity contribution in [3.8, 4) is 0 Å². The molecule has 3 fully saturated rings. The van der Waals surface area contributed by atoms with Gasteiger partial charge in [0.25, 0.3) is 0 Å². The second-order valence-electron chi connectivity index (χ2n) is 7.23. The minimum atomic E-state index is -1.09. The van der Waals surface area contributed by atoms with E-state index in [4.69, 9.17) is 0 Å². The van der Waals surface area contributed by atoms with E-state index in [2.05, 4.69) is 12.2 Å². The van der Waals surface area contributed by atoms with Crippen LogP contribution in [-0.4, -0.2) is 33.8 Å². The third-order valence-corrected chi connectivity index (χ3v) is 5.86. The number of carbonyl (C=O) groups is 3. The largest absolute Gasteiger partial charge is 0.480 e. The Kier molecular flexibility index (Phi) is 2.46. The van der Waals surface area contributed by atoms with E-state index in [0.29, 0.717) is 11.8 Å². The standard InChI is InChI=1S/C16H19NO4/c1-6(2)13(16(20)21)17-14(18)11-7-3-4-8(10-5-9(7)10)12(11)15(17)19/h3-4,6-13H,5H2,1-2H3,(H,20,21)/t7-,8-,9+,10+,11-,12-,13+/m1/s1. The van der Waals surface area contributed by atoms with Crippen LogP contribution in [0.2, 0.25) is 0 Å². The maximum absolute atomic E-state index is 12.8. The van der Waals surface area contributed by atoms with Gasteiger partial charge in [-0.1, -0.05) is 26.0 Å². The molecular formula is C16H19NO4. The van der Waals surface area contributed by atoms with Crippen molar-refractivity contribution in [2.75, 3.05) is 0 Å². The SMILES string of the molecule is CC(C)[C@@H](C(=O)O)N1C(=O)[C@@H]2[C@@H]3C=C[C@H]([C@@H]4C[C@@H]34)[C@H]2C1=O. The van der Waals surface area contributed by atoms with Crippen molar-refractivity contribution in [1.29, 1.82) is 0 Å². The molecule has 1 heterocycles. The third-order valence-electron chi connectivity index (χ3n) is 5.86. The van der Waals surface area contributed by atoms with Gasteiger partial charge in [0, 0.05) is 0 Å². The first-order chi connectivity index (χ1) is 9.93. The number of amides is 2. The molecule has 5 aliphatic rings. The fourth-order valence-electron chi connectivity index (χ4n) is 4.95. The molecule has 5 nitrogen and oxygen atoms in total. The average Bonchev–Trinajstić information content (AvgIpc) is 3.19. The van der Waals surface area contributed by atoms with E-state index in [-0.39, 0.29) is 41.4 Å². The molecule has 21 heavy (non-hydrogen) atoms. The zero-order chi connectivity index (χ0) is 15.0. The van der Waals surface area contributed by atoms with Crippen LogP contribution >= 0.6 is 0 Å². The van der Waals surface area contributed by atoms with Crippen LogP contribution in [0.5, 0.6) is 0 Å². The molecule has 4 aliphatic carbocycles. The van der Waals surface area contributed by atoms with Gasteiger partial charge in [0.05, 0.1) is 11.8 Å². The Morgan fingerprint density at radius 3 is 2.00 bits per heavy atom. The summed E-state index contributed by atoms with van der Waals surface area (Å²) < 4.78 is 0. The highest BCUT2D eigenvalue weighted by atomic mass is 16.4. The lowest BCUT2D eigenvalue weighted by atomic mass is 9.63. The molecule has 2 amide bonds. The molecule has 0 aromatic heterocycles. The van der Waals surface area contributed by atoms with Crippen LogP contribution in [0.25, 0.3) is 0 Å². The number of likely N-dealkylation sites (tertiary alicyclic amines) is 1. The highest BCUT2D eigenvalue weighted by Gasteiger charge is 2.68. The molecule has 5 rings (SSSR count). The number of hydrogen-bond donors (Lipinski definition) is 1. The number of imide groups is 1. The average molecular weight is 289 g/mol. The van der Waals surface area contributed by atoms with Gasteiger partial charge in [-0.2, -0.15) is 0 Å². The van der Waals surface area contributed by atoms with E-state index in [9.17, 15) is 19.5 Å². The minimum absolute atomic E-state index is 0.146. The van der Waals surface area contributed by atoms with Gasteiger partial charge in [0.1, 0.15) is 6.04 Å². The first-order valence-electron chi connectivity index (χ1n) is 7.71. The van der Waals surface area contributed by atoms with Crippen molar-refractivity contribution in [3.05, 3.63) is 12.2 Å². The number of carboxylic acids is 1. The molecule has 5 heteroatoms. The van der Waals surface area contributed by atoms with Crippen molar-refractivity contribution in [3.63, 3.8) is 0 Å². The Morgan fingerprint density at radius 1 is 1.14 bits per heavy atom. The zero-order valence-electron chi connectivity index (χ0n) is 12.1. The molecule has 0 spiro atoms. The van der Waals surface area contributed by atoms with E-state index in [1.54, 1.807) is 13.8 Å². The number of aliphatic carboxylic acids is 1. The topological polar surface area (TPSA) is 74.7 Å². The van der Waals surface area contributed by atoms with Crippen molar-refractivity contribution >= 4 is 17.8 Å². The number of nitrogens with zero attached hydrogens (tertiary/aromatic N) is 1. The molecule has 1 aliphatic heterocycles.